The fourth-order valence-corrected chi connectivity index (χ4v) is 2.26. The van der Waals surface area contributed by atoms with Crippen molar-refractivity contribution in [2.45, 2.75) is 18.8 Å². The van der Waals surface area contributed by atoms with Crippen molar-refractivity contribution in [3.05, 3.63) is 47.4 Å². The summed E-state index contributed by atoms with van der Waals surface area (Å²) >= 11 is 0. The van der Waals surface area contributed by atoms with Gasteiger partial charge >= 0.3 is 0 Å². The van der Waals surface area contributed by atoms with E-state index in [9.17, 15) is 9.18 Å². The molecule has 1 aliphatic heterocycles. The number of hydrogen-bond donors (Lipinski definition) is 1. The van der Waals surface area contributed by atoms with Gasteiger partial charge in [0.15, 0.2) is 5.82 Å². The van der Waals surface area contributed by atoms with Gasteiger partial charge in [0.2, 0.25) is 5.89 Å². The number of rotatable bonds is 5. The highest BCUT2D eigenvalue weighted by Gasteiger charge is 2.22. The summed E-state index contributed by atoms with van der Waals surface area (Å²) in [5.41, 5.74) is 0.413. The molecule has 1 aliphatic rings. The third-order valence-corrected chi connectivity index (χ3v) is 3.51. The van der Waals surface area contributed by atoms with Gasteiger partial charge in [0.25, 0.3) is 5.91 Å². The lowest BCUT2D eigenvalue weighted by molar-refractivity contribution is 0.0953. The van der Waals surface area contributed by atoms with Gasteiger partial charge in [-0.25, -0.2) is 4.39 Å². The number of nitrogens with one attached hydrogen (secondary N) is 1. The Morgan fingerprint density at radius 1 is 1.36 bits per heavy atom. The molecule has 0 spiro atoms. The second kappa shape index (κ2) is 6.65. The fourth-order valence-electron chi connectivity index (χ4n) is 2.26. The van der Waals surface area contributed by atoms with Crippen molar-refractivity contribution in [3.8, 4) is 0 Å². The molecule has 1 aromatic heterocycles. The van der Waals surface area contributed by atoms with Crippen LogP contribution in [-0.2, 0) is 11.2 Å². The van der Waals surface area contributed by atoms with Crippen LogP contribution < -0.4 is 5.32 Å². The fraction of sp³-hybridized carbons (Fsp3) is 0.400. The average Bonchev–Trinajstić information content (AvgIpc) is 3.19. The van der Waals surface area contributed by atoms with Gasteiger partial charge in [0.1, 0.15) is 5.82 Å². The Bertz CT molecular complexity index is 636. The lowest BCUT2D eigenvalue weighted by atomic mass is 10.1. The van der Waals surface area contributed by atoms with Crippen molar-refractivity contribution in [2.24, 2.45) is 0 Å². The summed E-state index contributed by atoms with van der Waals surface area (Å²) in [6.45, 7) is 1.72. The second-order valence-electron chi connectivity index (χ2n) is 5.12. The number of aromatic nitrogens is 2. The van der Waals surface area contributed by atoms with Gasteiger partial charge in [-0.3, -0.25) is 4.79 Å². The SMILES string of the molecule is O=C(NCCc1nc(C2CCOC2)no1)c1ccc(F)cc1. The van der Waals surface area contributed by atoms with Crippen LogP contribution in [0.2, 0.25) is 0 Å². The molecule has 1 amide bonds. The number of benzene rings is 1. The molecule has 0 aliphatic carbocycles. The lowest BCUT2D eigenvalue weighted by Gasteiger charge is -2.03. The monoisotopic (exact) mass is 305 g/mol. The highest BCUT2D eigenvalue weighted by atomic mass is 19.1. The zero-order valence-corrected chi connectivity index (χ0v) is 11.9. The topological polar surface area (TPSA) is 77.2 Å². The van der Waals surface area contributed by atoms with Gasteiger partial charge in [-0.15, -0.1) is 0 Å². The highest BCUT2D eigenvalue weighted by molar-refractivity contribution is 5.94. The standard InChI is InChI=1S/C15H16FN3O3/c16-12-3-1-10(2-4-12)15(20)17-7-5-13-18-14(19-22-13)11-6-8-21-9-11/h1-4,11H,5-9H2,(H,17,20). The summed E-state index contributed by atoms with van der Waals surface area (Å²) in [4.78, 5) is 16.2. The van der Waals surface area contributed by atoms with Crippen LogP contribution in [0.1, 0.15) is 34.4 Å². The van der Waals surface area contributed by atoms with Crippen LogP contribution >= 0.6 is 0 Å². The van der Waals surface area contributed by atoms with Crippen molar-refractivity contribution in [3.63, 3.8) is 0 Å². The van der Waals surface area contributed by atoms with E-state index < -0.39 is 0 Å². The molecule has 2 aromatic rings. The summed E-state index contributed by atoms with van der Waals surface area (Å²) in [6, 6.07) is 5.39. The largest absolute Gasteiger partial charge is 0.381 e. The van der Waals surface area contributed by atoms with E-state index in [0.29, 0.717) is 36.9 Å². The van der Waals surface area contributed by atoms with E-state index in [1.165, 1.54) is 24.3 Å². The first kappa shape index (κ1) is 14.6. The molecule has 1 atom stereocenters. The van der Waals surface area contributed by atoms with Crippen LogP contribution in [0.4, 0.5) is 4.39 Å². The van der Waals surface area contributed by atoms with Crippen LogP contribution in [0.3, 0.4) is 0 Å². The molecule has 0 bridgehead atoms. The van der Waals surface area contributed by atoms with Gasteiger partial charge in [-0.1, -0.05) is 5.16 Å². The first-order chi connectivity index (χ1) is 10.7. The summed E-state index contributed by atoms with van der Waals surface area (Å²) in [5.74, 6) is 0.722. The van der Waals surface area contributed by atoms with E-state index in [2.05, 4.69) is 15.5 Å². The number of amides is 1. The average molecular weight is 305 g/mol. The molecule has 1 saturated heterocycles. The predicted octanol–water partition coefficient (Wildman–Crippen LogP) is 1.69. The second-order valence-corrected chi connectivity index (χ2v) is 5.12. The Labute approximate surface area is 126 Å². The maximum atomic E-state index is 12.8. The number of hydrogen-bond acceptors (Lipinski definition) is 5. The van der Waals surface area contributed by atoms with E-state index in [-0.39, 0.29) is 17.6 Å². The Morgan fingerprint density at radius 3 is 2.91 bits per heavy atom. The van der Waals surface area contributed by atoms with Gasteiger partial charge in [0.05, 0.1) is 6.61 Å². The van der Waals surface area contributed by atoms with Gasteiger partial charge in [0, 0.05) is 31.1 Å². The summed E-state index contributed by atoms with van der Waals surface area (Å²) in [6.07, 6.45) is 1.35. The number of carbonyl (C=O) groups is 1. The highest BCUT2D eigenvalue weighted by Crippen LogP contribution is 2.22. The minimum absolute atomic E-state index is 0.200. The van der Waals surface area contributed by atoms with Crippen LogP contribution in [0.5, 0.6) is 0 Å². The van der Waals surface area contributed by atoms with Crippen molar-refractivity contribution < 1.29 is 18.4 Å². The third kappa shape index (κ3) is 3.48. The van der Waals surface area contributed by atoms with Crippen molar-refractivity contribution >= 4 is 5.91 Å². The van der Waals surface area contributed by atoms with Gasteiger partial charge in [-0.2, -0.15) is 4.98 Å². The van der Waals surface area contributed by atoms with Crippen molar-refractivity contribution in [1.29, 1.82) is 0 Å². The molecule has 7 heteroatoms. The molecule has 0 saturated carbocycles. The van der Waals surface area contributed by atoms with Crippen molar-refractivity contribution in [1.82, 2.24) is 15.5 Å². The molecule has 6 nitrogen and oxygen atoms in total. The molecule has 3 rings (SSSR count). The Kier molecular flexibility index (Phi) is 4.43. The molecule has 1 fully saturated rings. The molecule has 2 heterocycles. The smallest absolute Gasteiger partial charge is 0.251 e. The van der Waals surface area contributed by atoms with Crippen molar-refractivity contribution in [2.75, 3.05) is 19.8 Å². The Morgan fingerprint density at radius 2 is 2.18 bits per heavy atom. The molecule has 1 unspecified atom stereocenters. The first-order valence-corrected chi connectivity index (χ1v) is 7.16. The number of ether oxygens (including phenoxy) is 1. The molecule has 1 N–H and O–H groups in total. The summed E-state index contributed by atoms with van der Waals surface area (Å²) < 4.78 is 23.2. The zero-order chi connectivity index (χ0) is 15.4. The maximum Gasteiger partial charge on any atom is 0.251 e. The molecular formula is C15H16FN3O3. The first-order valence-electron chi connectivity index (χ1n) is 7.16. The lowest BCUT2D eigenvalue weighted by Crippen LogP contribution is -2.25. The summed E-state index contributed by atoms with van der Waals surface area (Å²) in [5, 5.41) is 6.68. The number of carbonyl (C=O) groups excluding carboxylic acids is 1. The van der Waals surface area contributed by atoms with E-state index >= 15 is 0 Å². The van der Waals surface area contributed by atoms with Gasteiger partial charge < -0.3 is 14.6 Å². The molecule has 0 radical (unpaired) electrons. The molecular weight excluding hydrogens is 289 g/mol. The van der Waals surface area contributed by atoms with Crippen LogP contribution in [0, 0.1) is 5.82 Å². The maximum absolute atomic E-state index is 12.8. The Balaban J connectivity index is 1.48. The van der Waals surface area contributed by atoms with E-state index in [1.54, 1.807) is 0 Å². The molecule has 22 heavy (non-hydrogen) atoms. The zero-order valence-electron chi connectivity index (χ0n) is 11.9. The number of nitrogens with zero attached hydrogens (tertiary/aromatic N) is 2. The number of halogens is 1. The van der Waals surface area contributed by atoms with E-state index in [1.807, 2.05) is 0 Å². The van der Waals surface area contributed by atoms with Crippen LogP contribution in [0.25, 0.3) is 0 Å². The molecule has 116 valence electrons. The minimum Gasteiger partial charge on any atom is -0.381 e. The predicted molar refractivity (Wildman–Crippen MR) is 74.9 cm³/mol. The van der Waals surface area contributed by atoms with E-state index in [0.717, 1.165) is 13.0 Å². The molecule has 1 aromatic carbocycles. The van der Waals surface area contributed by atoms with E-state index in [4.69, 9.17) is 9.26 Å². The summed E-state index contributed by atoms with van der Waals surface area (Å²) in [7, 11) is 0. The van der Waals surface area contributed by atoms with Crippen LogP contribution in [-0.4, -0.2) is 35.8 Å². The minimum atomic E-state index is -0.370. The van der Waals surface area contributed by atoms with Gasteiger partial charge in [-0.05, 0) is 30.7 Å². The third-order valence-electron chi connectivity index (χ3n) is 3.51. The quantitative estimate of drug-likeness (QED) is 0.909. The Hall–Kier alpha value is -2.28. The normalized spacial score (nSPS) is 17.6. The van der Waals surface area contributed by atoms with Crippen LogP contribution in [0.15, 0.2) is 28.8 Å².